The molecule has 1 aliphatic heterocycles. The molecule has 7 nitrogen and oxygen atoms in total. The molecule has 112 valence electrons. The molecule has 7 heteroatoms. The number of benzene rings is 1. The lowest BCUT2D eigenvalue weighted by atomic mass is 10.1. The molecule has 0 amide bonds. The lowest BCUT2D eigenvalue weighted by molar-refractivity contribution is -0.154. The van der Waals surface area contributed by atoms with Crippen molar-refractivity contribution in [2.75, 3.05) is 18.0 Å². The highest BCUT2D eigenvalue weighted by Crippen LogP contribution is 2.28. The Balaban J connectivity index is 2.07. The maximum atomic E-state index is 11.2. The van der Waals surface area contributed by atoms with Crippen molar-refractivity contribution in [2.24, 2.45) is 0 Å². The van der Waals surface area contributed by atoms with Crippen molar-refractivity contribution in [3.8, 4) is 6.07 Å². The zero-order chi connectivity index (χ0) is 15.7. The molecule has 1 N–H and O–H groups in total. The van der Waals surface area contributed by atoms with Crippen LogP contribution in [0.3, 0.4) is 0 Å². The first-order valence-corrected chi connectivity index (χ1v) is 6.87. The molecule has 0 aliphatic carbocycles. The smallest absolute Gasteiger partial charge is 0.334 e. The normalized spacial score (nSPS) is 21.5. The molecule has 2 aromatic rings. The lowest BCUT2D eigenvalue weighted by Crippen LogP contribution is -2.49. The van der Waals surface area contributed by atoms with Crippen molar-refractivity contribution < 1.29 is 14.6 Å². The first-order chi connectivity index (χ1) is 10.6. The Bertz CT molecular complexity index is 771. The van der Waals surface area contributed by atoms with E-state index in [-0.39, 0.29) is 12.6 Å². The highest BCUT2D eigenvalue weighted by Gasteiger charge is 2.31. The number of rotatable bonds is 2. The minimum Gasteiger partial charge on any atom is -0.479 e. The molecule has 0 bridgehead atoms. The van der Waals surface area contributed by atoms with Crippen LogP contribution in [0.15, 0.2) is 24.5 Å². The van der Waals surface area contributed by atoms with Gasteiger partial charge in [0.1, 0.15) is 17.1 Å². The maximum Gasteiger partial charge on any atom is 0.334 e. The van der Waals surface area contributed by atoms with Gasteiger partial charge >= 0.3 is 5.97 Å². The minimum atomic E-state index is -0.986. The van der Waals surface area contributed by atoms with Crippen molar-refractivity contribution in [3.05, 3.63) is 30.1 Å². The second-order valence-corrected chi connectivity index (χ2v) is 5.18. The van der Waals surface area contributed by atoms with Gasteiger partial charge in [0.25, 0.3) is 0 Å². The first-order valence-electron chi connectivity index (χ1n) is 6.87. The van der Waals surface area contributed by atoms with Crippen molar-refractivity contribution >= 4 is 22.7 Å². The Hall–Kier alpha value is -2.72. The van der Waals surface area contributed by atoms with Crippen molar-refractivity contribution in [1.29, 1.82) is 5.26 Å². The van der Waals surface area contributed by atoms with Gasteiger partial charge in [-0.15, -0.1) is 0 Å². The number of carboxylic acids is 1. The number of carboxylic acid groups (broad SMARTS) is 1. The molecule has 2 atom stereocenters. The number of morpholine rings is 1. The van der Waals surface area contributed by atoms with E-state index in [1.807, 2.05) is 11.8 Å². The largest absolute Gasteiger partial charge is 0.479 e. The summed E-state index contributed by atoms with van der Waals surface area (Å²) in [6.07, 6.45) is 2.00. The van der Waals surface area contributed by atoms with Gasteiger partial charge in [-0.1, -0.05) is 0 Å². The van der Waals surface area contributed by atoms with Gasteiger partial charge in [0, 0.05) is 18.9 Å². The number of anilines is 1. The molecule has 0 radical (unpaired) electrons. The van der Waals surface area contributed by atoms with Crippen LogP contribution in [-0.4, -0.2) is 46.3 Å². The number of aliphatic carboxylic acids is 1. The summed E-state index contributed by atoms with van der Waals surface area (Å²) >= 11 is 0. The number of ether oxygens (including phenoxy) is 1. The van der Waals surface area contributed by atoms with Crippen molar-refractivity contribution in [1.82, 2.24) is 9.97 Å². The summed E-state index contributed by atoms with van der Waals surface area (Å²) in [5.41, 5.74) is 2.33. The van der Waals surface area contributed by atoms with Gasteiger partial charge in [0.15, 0.2) is 6.10 Å². The third-order valence-corrected chi connectivity index (χ3v) is 3.60. The van der Waals surface area contributed by atoms with E-state index in [4.69, 9.17) is 10.00 Å². The van der Waals surface area contributed by atoms with Crippen LogP contribution in [0.5, 0.6) is 0 Å². The summed E-state index contributed by atoms with van der Waals surface area (Å²) in [5.74, 6) is -0.986. The average Bonchev–Trinajstić information content (AvgIpc) is 2.53. The molecular formula is C15H14N4O3. The third-order valence-electron chi connectivity index (χ3n) is 3.60. The summed E-state index contributed by atoms with van der Waals surface area (Å²) in [6, 6.07) is 5.56. The first kappa shape index (κ1) is 14.2. The van der Waals surface area contributed by atoms with Gasteiger partial charge in [0.2, 0.25) is 0 Å². The summed E-state index contributed by atoms with van der Waals surface area (Å²) in [7, 11) is 0. The summed E-state index contributed by atoms with van der Waals surface area (Å²) in [5, 5.41) is 18.4. The standard InChI is InChI=1S/C15H14N4O3/c1-9-7-19(8-12(22-9)15(20)21)11-3-2-10(6-16)13-14(11)18-5-4-17-13/h2-5,9,12H,7-8H2,1H3,(H,20,21). The van der Waals surface area contributed by atoms with Gasteiger partial charge in [-0.2, -0.15) is 5.26 Å². The Morgan fingerprint density at radius 2 is 2.09 bits per heavy atom. The average molecular weight is 298 g/mol. The molecule has 1 aromatic heterocycles. The van der Waals surface area contributed by atoms with Crippen LogP contribution < -0.4 is 4.90 Å². The Labute approximate surface area is 126 Å². The Morgan fingerprint density at radius 1 is 1.36 bits per heavy atom. The van der Waals surface area contributed by atoms with Crippen LogP contribution in [0.4, 0.5) is 5.69 Å². The van der Waals surface area contributed by atoms with Crippen LogP contribution in [-0.2, 0) is 9.53 Å². The molecule has 1 fully saturated rings. The number of nitrogens with zero attached hydrogens (tertiary/aromatic N) is 4. The molecule has 1 aromatic carbocycles. The number of nitriles is 1. The van der Waals surface area contributed by atoms with E-state index in [2.05, 4.69) is 16.0 Å². The highest BCUT2D eigenvalue weighted by atomic mass is 16.5. The SMILES string of the molecule is CC1CN(c2ccc(C#N)c3nccnc23)CC(C(=O)O)O1. The number of fused-ring (bicyclic) bond motifs is 1. The van der Waals surface area contributed by atoms with E-state index >= 15 is 0 Å². The van der Waals surface area contributed by atoms with E-state index in [1.54, 1.807) is 18.3 Å². The molecule has 2 heterocycles. The van der Waals surface area contributed by atoms with E-state index in [0.29, 0.717) is 23.1 Å². The van der Waals surface area contributed by atoms with Gasteiger partial charge in [0.05, 0.1) is 23.9 Å². The predicted octanol–water partition coefficient (Wildman–Crippen LogP) is 1.18. The number of hydrogen-bond acceptors (Lipinski definition) is 6. The highest BCUT2D eigenvalue weighted by molar-refractivity contribution is 5.92. The van der Waals surface area contributed by atoms with Crippen LogP contribution in [0.25, 0.3) is 11.0 Å². The van der Waals surface area contributed by atoms with Crippen LogP contribution in [0.1, 0.15) is 12.5 Å². The number of hydrogen-bond donors (Lipinski definition) is 1. The topological polar surface area (TPSA) is 99.3 Å². The molecule has 0 spiro atoms. The van der Waals surface area contributed by atoms with Crippen LogP contribution in [0.2, 0.25) is 0 Å². The number of aromatic nitrogens is 2. The van der Waals surface area contributed by atoms with Gasteiger partial charge in [-0.25, -0.2) is 4.79 Å². The quantitative estimate of drug-likeness (QED) is 0.888. The van der Waals surface area contributed by atoms with Gasteiger partial charge in [-0.05, 0) is 19.1 Å². The molecule has 2 unspecified atom stereocenters. The fourth-order valence-corrected chi connectivity index (χ4v) is 2.67. The fourth-order valence-electron chi connectivity index (χ4n) is 2.67. The van der Waals surface area contributed by atoms with Crippen LogP contribution in [0, 0.1) is 11.3 Å². The molecule has 1 aliphatic rings. The lowest BCUT2D eigenvalue weighted by Gasteiger charge is -2.36. The van der Waals surface area contributed by atoms with Crippen LogP contribution >= 0.6 is 0 Å². The third kappa shape index (κ3) is 2.44. The zero-order valence-electron chi connectivity index (χ0n) is 11.9. The van der Waals surface area contributed by atoms with E-state index in [0.717, 1.165) is 5.69 Å². The Morgan fingerprint density at radius 3 is 2.77 bits per heavy atom. The van der Waals surface area contributed by atoms with Crippen molar-refractivity contribution in [3.63, 3.8) is 0 Å². The predicted molar refractivity (Wildman–Crippen MR) is 78.4 cm³/mol. The summed E-state index contributed by atoms with van der Waals surface area (Å²) < 4.78 is 5.43. The molecule has 1 saturated heterocycles. The second kappa shape index (κ2) is 5.58. The van der Waals surface area contributed by atoms with Gasteiger partial charge in [-0.3, -0.25) is 9.97 Å². The fraction of sp³-hybridized carbons (Fsp3) is 0.333. The van der Waals surface area contributed by atoms with Crippen molar-refractivity contribution in [2.45, 2.75) is 19.1 Å². The minimum absolute atomic E-state index is 0.211. The number of carbonyl (C=O) groups is 1. The molecule has 3 rings (SSSR count). The van der Waals surface area contributed by atoms with E-state index < -0.39 is 12.1 Å². The second-order valence-electron chi connectivity index (χ2n) is 5.18. The van der Waals surface area contributed by atoms with Gasteiger partial charge < -0.3 is 14.7 Å². The summed E-state index contributed by atoms with van der Waals surface area (Å²) in [4.78, 5) is 21.7. The zero-order valence-corrected chi connectivity index (χ0v) is 11.9. The maximum absolute atomic E-state index is 11.2. The van der Waals surface area contributed by atoms with E-state index in [9.17, 15) is 9.90 Å². The molecular weight excluding hydrogens is 284 g/mol. The Kier molecular flexibility index (Phi) is 3.61. The summed E-state index contributed by atoms with van der Waals surface area (Å²) in [6.45, 7) is 2.62. The van der Waals surface area contributed by atoms with E-state index in [1.165, 1.54) is 6.20 Å². The molecule has 0 saturated carbocycles. The monoisotopic (exact) mass is 298 g/mol. The molecule has 22 heavy (non-hydrogen) atoms.